The Bertz CT molecular complexity index is 355. The van der Waals surface area contributed by atoms with Gasteiger partial charge in [-0.05, 0) is 13.0 Å². The number of nitrogens with one attached hydrogen (secondary N) is 1. The number of halogens is 1. The van der Waals surface area contributed by atoms with Crippen LogP contribution in [0.25, 0.3) is 0 Å². The minimum atomic E-state index is 0.0106. The second kappa shape index (κ2) is 6.53. The molecule has 0 spiro atoms. The van der Waals surface area contributed by atoms with Crippen molar-refractivity contribution in [2.45, 2.75) is 19.4 Å². The van der Waals surface area contributed by atoms with Crippen molar-refractivity contribution in [3.63, 3.8) is 0 Å². The Hall–Kier alpha value is -1.03. The minimum Gasteiger partial charge on any atom is -0.496 e. The standard InChI is InChI=1S/C12H16BrNO2/c1-9(8-13)14-12(15)7-10-5-3-4-6-11(10)16-2/h3-6,9H,7-8H2,1-2H3,(H,14,15). The van der Waals surface area contributed by atoms with Crippen LogP contribution in [0.2, 0.25) is 0 Å². The van der Waals surface area contributed by atoms with Gasteiger partial charge in [0.05, 0.1) is 13.5 Å². The average molecular weight is 286 g/mol. The monoisotopic (exact) mass is 285 g/mol. The van der Waals surface area contributed by atoms with Gasteiger partial charge in [0.1, 0.15) is 5.75 Å². The number of ether oxygens (including phenoxy) is 1. The largest absolute Gasteiger partial charge is 0.496 e. The maximum absolute atomic E-state index is 11.7. The number of para-hydroxylation sites is 1. The van der Waals surface area contributed by atoms with E-state index in [1.165, 1.54) is 0 Å². The van der Waals surface area contributed by atoms with E-state index in [-0.39, 0.29) is 11.9 Å². The number of carbonyl (C=O) groups is 1. The van der Waals surface area contributed by atoms with Crippen LogP contribution < -0.4 is 10.1 Å². The molecule has 16 heavy (non-hydrogen) atoms. The topological polar surface area (TPSA) is 38.3 Å². The zero-order valence-electron chi connectivity index (χ0n) is 9.50. The lowest BCUT2D eigenvalue weighted by Gasteiger charge is -2.12. The number of rotatable bonds is 5. The van der Waals surface area contributed by atoms with E-state index in [1.54, 1.807) is 7.11 Å². The number of hydrogen-bond acceptors (Lipinski definition) is 2. The molecule has 0 aromatic heterocycles. The van der Waals surface area contributed by atoms with Crippen LogP contribution >= 0.6 is 15.9 Å². The summed E-state index contributed by atoms with van der Waals surface area (Å²) in [6, 6.07) is 7.69. The molecule has 1 aromatic carbocycles. The van der Waals surface area contributed by atoms with E-state index in [9.17, 15) is 4.79 Å². The van der Waals surface area contributed by atoms with Crippen molar-refractivity contribution >= 4 is 21.8 Å². The third-order valence-electron chi connectivity index (χ3n) is 2.18. The fraction of sp³-hybridized carbons (Fsp3) is 0.417. The van der Waals surface area contributed by atoms with E-state index >= 15 is 0 Å². The van der Waals surface area contributed by atoms with Gasteiger partial charge >= 0.3 is 0 Å². The summed E-state index contributed by atoms with van der Waals surface area (Å²) in [5, 5.41) is 3.64. The third kappa shape index (κ3) is 3.85. The van der Waals surface area contributed by atoms with Crippen LogP contribution in [0.15, 0.2) is 24.3 Å². The van der Waals surface area contributed by atoms with Crippen molar-refractivity contribution in [2.75, 3.05) is 12.4 Å². The summed E-state index contributed by atoms with van der Waals surface area (Å²) in [4.78, 5) is 11.7. The van der Waals surface area contributed by atoms with E-state index in [0.717, 1.165) is 16.6 Å². The van der Waals surface area contributed by atoms with Gasteiger partial charge in [-0.3, -0.25) is 4.79 Å². The molecule has 0 bridgehead atoms. The molecule has 1 atom stereocenters. The first-order chi connectivity index (χ1) is 7.67. The number of carbonyl (C=O) groups excluding carboxylic acids is 1. The van der Waals surface area contributed by atoms with Crippen LogP contribution in [0.1, 0.15) is 12.5 Å². The highest BCUT2D eigenvalue weighted by atomic mass is 79.9. The van der Waals surface area contributed by atoms with Crippen molar-refractivity contribution in [1.82, 2.24) is 5.32 Å². The lowest BCUT2D eigenvalue weighted by molar-refractivity contribution is -0.120. The lowest BCUT2D eigenvalue weighted by atomic mass is 10.1. The quantitative estimate of drug-likeness (QED) is 0.842. The molecular weight excluding hydrogens is 270 g/mol. The summed E-state index contributed by atoms with van der Waals surface area (Å²) >= 11 is 3.32. The van der Waals surface area contributed by atoms with Crippen molar-refractivity contribution < 1.29 is 9.53 Å². The zero-order valence-corrected chi connectivity index (χ0v) is 11.1. The predicted octanol–water partition coefficient (Wildman–Crippen LogP) is 2.14. The Morgan fingerprint density at radius 2 is 2.19 bits per heavy atom. The third-order valence-corrected chi connectivity index (χ3v) is 3.15. The second-order valence-corrected chi connectivity index (χ2v) is 4.26. The minimum absolute atomic E-state index is 0.0106. The van der Waals surface area contributed by atoms with E-state index in [1.807, 2.05) is 31.2 Å². The summed E-state index contributed by atoms with van der Waals surface area (Å²) in [7, 11) is 1.61. The highest BCUT2D eigenvalue weighted by Crippen LogP contribution is 2.17. The fourth-order valence-corrected chi connectivity index (χ4v) is 1.55. The van der Waals surface area contributed by atoms with Crippen LogP contribution in [0.3, 0.4) is 0 Å². The van der Waals surface area contributed by atoms with Crippen molar-refractivity contribution in [3.8, 4) is 5.75 Å². The van der Waals surface area contributed by atoms with Gasteiger partial charge in [-0.15, -0.1) is 0 Å². The summed E-state index contributed by atoms with van der Waals surface area (Å²) in [5.74, 6) is 0.764. The molecule has 4 heteroatoms. The Morgan fingerprint density at radius 1 is 1.50 bits per heavy atom. The Balaban J connectivity index is 2.62. The molecule has 88 valence electrons. The van der Waals surface area contributed by atoms with Gasteiger partial charge in [0.15, 0.2) is 0 Å². The first kappa shape index (κ1) is 13.0. The number of hydrogen-bond donors (Lipinski definition) is 1. The Kier molecular flexibility index (Phi) is 5.32. The zero-order chi connectivity index (χ0) is 12.0. The molecule has 1 amide bonds. The van der Waals surface area contributed by atoms with Crippen molar-refractivity contribution in [1.29, 1.82) is 0 Å². The van der Waals surface area contributed by atoms with Crippen molar-refractivity contribution in [2.24, 2.45) is 0 Å². The Labute approximate surface area is 104 Å². The lowest BCUT2D eigenvalue weighted by Crippen LogP contribution is -2.34. The van der Waals surface area contributed by atoms with E-state index in [4.69, 9.17) is 4.74 Å². The molecule has 0 heterocycles. The van der Waals surface area contributed by atoms with Gasteiger partial charge in [0, 0.05) is 16.9 Å². The summed E-state index contributed by atoms with van der Waals surface area (Å²) in [5.41, 5.74) is 0.907. The summed E-state index contributed by atoms with van der Waals surface area (Å²) in [6.45, 7) is 1.95. The van der Waals surface area contributed by atoms with Gasteiger partial charge in [-0.1, -0.05) is 34.1 Å². The van der Waals surface area contributed by atoms with E-state index < -0.39 is 0 Å². The smallest absolute Gasteiger partial charge is 0.224 e. The second-order valence-electron chi connectivity index (χ2n) is 3.61. The van der Waals surface area contributed by atoms with Gasteiger partial charge < -0.3 is 10.1 Å². The molecule has 0 aliphatic carbocycles. The van der Waals surface area contributed by atoms with Gasteiger partial charge in [-0.2, -0.15) is 0 Å². The van der Waals surface area contributed by atoms with E-state index in [2.05, 4.69) is 21.2 Å². The molecular formula is C12H16BrNO2. The predicted molar refractivity (Wildman–Crippen MR) is 68.1 cm³/mol. The normalized spacial score (nSPS) is 11.9. The molecule has 0 aliphatic rings. The molecule has 3 nitrogen and oxygen atoms in total. The maximum atomic E-state index is 11.7. The molecule has 0 radical (unpaired) electrons. The van der Waals surface area contributed by atoms with Gasteiger partial charge in [-0.25, -0.2) is 0 Å². The number of benzene rings is 1. The van der Waals surface area contributed by atoms with E-state index in [0.29, 0.717) is 6.42 Å². The first-order valence-corrected chi connectivity index (χ1v) is 6.26. The number of amides is 1. The molecule has 0 saturated carbocycles. The molecule has 0 aliphatic heterocycles. The number of alkyl halides is 1. The van der Waals surface area contributed by atoms with Crippen LogP contribution in [0.5, 0.6) is 5.75 Å². The Morgan fingerprint density at radius 3 is 2.81 bits per heavy atom. The highest BCUT2D eigenvalue weighted by molar-refractivity contribution is 9.09. The van der Waals surface area contributed by atoms with Crippen LogP contribution in [0, 0.1) is 0 Å². The molecule has 0 saturated heterocycles. The van der Waals surface area contributed by atoms with Crippen molar-refractivity contribution in [3.05, 3.63) is 29.8 Å². The molecule has 0 fully saturated rings. The molecule has 1 rings (SSSR count). The highest BCUT2D eigenvalue weighted by Gasteiger charge is 2.09. The summed E-state index contributed by atoms with van der Waals surface area (Å²) < 4.78 is 5.19. The number of methoxy groups -OCH3 is 1. The first-order valence-electron chi connectivity index (χ1n) is 5.14. The summed E-state index contributed by atoms with van der Waals surface area (Å²) in [6.07, 6.45) is 0.349. The van der Waals surface area contributed by atoms with Crippen LogP contribution in [-0.4, -0.2) is 24.4 Å². The van der Waals surface area contributed by atoms with Crippen LogP contribution in [0.4, 0.5) is 0 Å². The molecule has 1 N–H and O–H groups in total. The maximum Gasteiger partial charge on any atom is 0.224 e. The molecule has 1 unspecified atom stereocenters. The van der Waals surface area contributed by atoms with Gasteiger partial charge in [0.25, 0.3) is 0 Å². The van der Waals surface area contributed by atoms with Gasteiger partial charge in [0.2, 0.25) is 5.91 Å². The SMILES string of the molecule is COc1ccccc1CC(=O)NC(C)CBr. The fourth-order valence-electron chi connectivity index (χ4n) is 1.39. The molecule has 1 aromatic rings. The van der Waals surface area contributed by atoms with Crippen LogP contribution in [-0.2, 0) is 11.2 Å². The average Bonchev–Trinajstić information content (AvgIpc) is 2.29.